The molecule has 3 N–H and O–H groups in total. The predicted molar refractivity (Wildman–Crippen MR) is 84.3 cm³/mol. The fraction of sp³-hybridized carbons (Fsp3) is 0.529. The molecule has 1 rings (SSSR count). The molecule has 0 bridgehead atoms. The first kappa shape index (κ1) is 18.2. The third-order valence-corrected chi connectivity index (χ3v) is 3.63. The van der Waals surface area contributed by atoms with Gasteiger partial charge in [-0.3, -0.25) is 4.79 Å². The molecule has 0 heterocycles. The van der Waals surface area contributed by atoms with E-state index in [0.29, 0.717) is 6.54 Å². The molecule has 0 aliphatic rings. The quantitative estimate of drug-likeness (QED) is 0.652. The number of quaternary nitrogens is 1. The van der Waals surface area contributed by atoms with Crippen LogP contribution in [0.25, 0.3) is 0 Å². The summed E-state index contributed by atoms with van der Waals surface area (Å²) in [6.45, 7) is 6.64. The van der Waals surface area contributed by atoms with Gasteiger partial charge in [0.25, 0.3) is 0 Å². The molecule has 1 aromatic carbocycles. The molecule has 1 atom stereocenters. The zero-order chi connectivity index (χ0) is 16.5. The summed E-state index contributed by atoms with van der Waals surface area (Å²) in [7, 11) is 0. The SMILES string of the molecule is CCCCC[NH2+][C@@H](CC(=O)Nc1cc(C)ccc1C)C(=O)[O-]. The molecule has 0 radical (unpaired) electrons. The number of nitrogens with two attached hydrogens (primary N) is 1. The van der Waals surface area contributed by atoms with Gasteiger partial charge in [-0.1, -0.05) is 25.5 Å². The van der Waals surface area contributed by atoms with Crippen molar-refractivity contribution < 1.29 is 20.0 Å². The van der Waals surface area contributed by atoms with Crippen molar-refractivity contribution in [2.24, 2.45) is 0 Å². The van der Waals surface area contributed by atoms with Crippen LogP contribution in [0.3, 0.4) is 0 Å². The van der Waals surface area contributed by atoms with Gasteiger partial charge in [-0.15, -0.1) is 0 Å². The molecule has 22 heavy (non-hydrogen) atoms. The Hall–Kier alpha value is -1.88. The first-order valence-corrected chi connectivity index (χ1v) is 7.85. The maximum Gasteiger partial charge on any atom is 0.230 e. The third-order valence-electron chi connectivity index (χ3n) is 3.63. The van der Waals surface area contributed by atoms with E-state index in [1.54, 1.807) is 5.32 Å². The van der Waals surface area contributed by atoms with E-state index >= 15 is 0 Å². The molecule has 0 aliphatic heterocycles. The highest BCUT2D eigenvalue weighted by molar-refractivity contribution is 5.94. The minimum Gasteiger partial charge on any atom is -0.544 e. The lowest BCUT2D eigenvalue weighted by Crippen LogP contribution is -2.93. The van der Waals surface area contributed by atoms with E-state index in [9.17, 15) is 14.7 Å². The Morgan fingerprint density at radius 2 is 2.00 bits per heavy atom. The van der Waals surface area contributed by atoms with Gasteiger partial charge < -0.3 is 20.5 Å². The first-order valence-electron chi connectivity index (χ1n) is 7.85. The van der Waals surface area contributed by atoms with Crippen LogP contribution in [0.5, 0.6) is 0 Å². The van der Waals surface area contributed by atoms with E-state index in [-0.39, 0.29) is 12.3 Å². The largest absolute Gasteiger partial charge is 0.544 e. The zero-order valence-corrected chi connectivity index (χ0v) is 13.6. The summed E-state index contributed by atoms with van der Waals surface area (Å²) in [6.07, 6.45) is 3.00. The summed E-state index contributed by atoms with van der Waals surface area (Å²) in [4.78, 5) is 23.2. The maximum atomic E-state index is 12.1. The number of nitrogens with one attached hydrogen (secondary N) is 1. The monoisotopic (exact) mass is 306 g/mol. The molecular formula is C17H26N2O3. The Kier molecular flexibility index (Phi) is 7.60. The fourth-order valence-corrected chi connectivity index (χ4v) is 2.25. The molecule has 0 saturated heterocycles. The van der Waals surface area contributed by atoms with E-state index in [1.807, 2.05) is 32.0 Å². The Morgan fingerprint density at radius 3 is 2.64 bits per heavy atom. The van der Waals surface area contributed by atoms with Crippen molar-refractivity contribution in [1.82, 2.24) is 0 Å². The smallest absolute Gasteiger partial charge is 0.230 e. The van der Waals surface area contributed by atoms with E-state index < -0.39 is 12.0 Å². The Morgan fingerprint density at radius 1 is 1.27 bits per heavy atom. The van der Waals surface area contributed by atoms with Gasteiger partial charge >= 0.3 is 0 Å². The minimum atomic E-state index is -1.19. The number of aliphatic carboxylic acids is 1. The lowest BCUT2D eigenvalue weighted by atomic mass is 10.1. The van der Waals surface area contributed by atoms with Gasteiger partial charge in [0.2, 0.25) is 5.91 Å². The second-order valence-electron chi connectivity index (χ2n) is 5.73. The number of benzene rings is 1. The number of hydrogen-bond donors (Lipinski definition) is 2. The molecule has 0 spiro atoms. The predicted octanol–water partition coefficient (Wildman–Crippen LogP) is 0.504. The molecule has 0 saturated carbocycles. The first-order chi connectivity index (χ1) is 10.4. The number of unbranched alkanes of at least 4 members (excludes halogenated alkanes) is 2. The van der Waals surface area contributed by atoms with Crippen LogP contribution in [0.2, 0.25) is 0 Å². The van der Waals surface area contributed by atoms with Crippen molar-refractivity contribution in [2.75, 3.05) is 11.9 Å². The number of carbonyl (C=O) groups is 2. The second kappa shape index (κ2) is 9.20. The number of hydrogen-bond acceptors (Lipinski definition) is 3. The Balaban J connectivity index is 2.56. The van der Waals surface area contributed by atoms with Gasteiger partial charge in [-0.2, -0.15) is 0 Å². The number of amides is 1. The number of carboxylic acid groups (broad SMARTS) is 1. The van der Waals surface area contributed by atoms with Gasteiger partial charge in [-0.25, -0.2) is 0 Å². The standard InChI is InChI=1S/C17H26N2O3/c1-4-5-6-9-18-15(17(21)22)11-16(20)19-14-10-12(2)7-8-13(14)3/h7-8,10,15,18H,4-6,9,11H2,1-3H3,(H,19,20)(H,21,22)/t15-/m0/s1. The normalized spacial score (nSPS) is 12.0. The summed E-state index contributed by atoms with van der Waals surface area (Å²) in [5, 5.41) is 15.6. The van der Waals surface area contributed by atoms with Crippen molar-refractivity contribution in [2.45, 2.75) is 52.5 Å². The molecular weight excluding hydrogens is 280 g/mol. The summed E-state index contributed by atoms with van der Waals surface area (Å²) < 4.78 is 0. The average Bonchev–Trinajstić information content (AvgIpc) is 2.46. The van der Waals surface area contributed by atoms with Crippen molar-refractivity contribution >= 4 is 17.6 Å². The summed E-state index contributed by atoms with van der Waals surface area (Å²) >= 11 is 0. The fourth-order valence-electron chi connectivity index (χ4n) is 2.25. The van der Waals surface area contributed by atoms with Crippen molar-refractivity contribution in [3.8, 4) is 0 Å². The summed E-state index contributed by atoms with van der Waals surface area (Å²) in [5.74, 6) is -1.48. The van der Waals surface area contributed by atoms with Crippen LogP contribution < -0.4 is 15.7 Å². The number of carboxylic acids is 1. The lowest BCUT2D eigenvalue weighted by molar-refractivity contribution is -0.682. The second-order valence-corrected chi connectivity index (χ2v) is 5.73. The molecule has 0 unspecified atom stereocenters. The van der Waals surface area contributed by atoms with Gasteiger partial charge in [0.15, 0.2) is 0 Å². The molecule has 0 fully saturated rings. The Bertz CT molecular complexity index is 515. The van der Waals surface area contributed by atoms with Gasteiger partial charge in [-0.05, 0) is 43.9 Å². The maximum absolute atomic E-state index is 12.1. The zero-order valence-electron chi connectivity index (χ0n) is 13.6. The van der Waals surface area contributed by atoms with Gasteiger partial charge in [0.05, 0.1) is 18.9 Å². The highest BCUT2D eigenvalue weighted by Crippen LogP contribution is 2.16. The average molecular weight is 306 g/mol. The molecule has 1 aromatic rings. The number of rotatable bonds is 9. The lowest BCUT2D eigenvalue weighted by Gasteiger charge is -2.17. The van der Waals surface area contributed by atoms with Crippen LogP contribution in [0, 0.1) is 13.8 Å². The molecule has 5 heteroatoms. The number of anilines is 1. The summed E-state index contributed by atoms with van der Waals surface area (Å²) in [5.41, 5.74) is 2.73. The molecule has 1 amide bonds. The highest BCUT2D eigenvalue weighted by Gasteiger charge is 2.18. The van der Waals surface area contributed by atoms with Crippen LogP contribution in [0.1, 0.15) is 43.7 Å². The molecule has 0 aromatic heterocycles. The van der Waals surface area contributed by atoms with Crippen LogP contribution in [-0.4, -0.2) is 24.5 Å². The van der Waals surface area contributed by atoms with Gasteiger partial charge in [0.1, 0.15) is 6.04 Å². The number of aryl methyl sites for hydroxylation is 2. The Labute approximate surface area is 132 Å². The molecule has 122 valence electrons. The molecule has 5 nitrogen and oxygen atoms in total. The van der Waals surface area contributed by atoms with E-state index in [2.05, 4.69) is 12.2 Å². The van der Waals surface area contributed by atoms with Crippen LogP contribution >= 0.6 is 0 Å². The van der Waals surface area contributed by atoms with Crippen LogP contribution in [0.15, 0.2) is 18.2 Å². The minimum absolute atomic E-state index is 0.0815. The highest BCUT2D eigenvalue weighted by atomic mass is 16.4. The van der Waals surface area contributed by atoms with Crippen molar-refractivity contribution in [3.63, 3.8) is 0 Å². The number of carbonyl (C=O) groups excluding carboxylic acids is 2. The van der Waals surface area contributed by atoms with E-state index in [0.717, 1.165) is 36.1 Å². The van der Waals surface area contributed by atoms with Crippen LogP contribution in [0.4, 0.5) is 5.69 Å². The summed E-state index contributed by atoms with van der Waals surface area (Å²) in [6, 6.07) is 4.95. The third kappa shape index (κ3) is 6.26. The van der Waals surface area contributed by atoms with E-state index in [1.165, 1.54) is 0 Å². The van der Waals surface area contributed by atoms with Crippen LogP contribution in [-0.2, 0) is 9.59 Å². The van der Waals surface area contributed by atoms with Crippen molar-refractivity contribution in [3.05, 3.63) is 29.3 Å². The van der Waals surface area contributed by atoms with Gasteiger partial charge in [0, 0.05) is 5.69 Å². The topological polar surface area (TPSA) is 85.8 Å². The van der Waals surface area contributed by atoms with Crippen molar-refractivity contribution in [1.29, 1.82) is 0 Å². The van der Waals surface area contributed by atoms with E-state index in [4.69, 9.17) is 0 Å². The molecule has 0 aliphatic carbocycles.